The van der Waals surface area contributed by atoms with Crippen molar-refractivity contribution in [2.75, 3.05) is 11.9 Å². The molecule has 0 saturated heterocycles. The summed E-state index contributed by atoms with van der Waals surface area (Å²) in [6.45, 7) is 5.63. The number of esters is 1. The molecule has 0 radical (unpaired) electrons. The van der Waals surface area contributed by atoms with Crippen LogP contribution in [0.1, 0.15) is 32.9 Å². The van der Waals surface area contributed by atoms with E-state index in [-0.39, 0.29) is 0 Å². The van der Waals surface area contributed by atoms with E-state index in [1.807, 2.05) is 31.2 Å². The van der Waals surface area contributed by atoms with Crippen molar-refractivity contribution in [3.8, 4) is 0 Å². The van der Waals surface area contributed by atoms with Crippen LogP contribution in [0, 0.1) is 26.6 Å². The average molecular weight is 395 g/mol. The number of benzene rings is 2. The van der Waals surface area contributed by atoms with Crippen molar-refractivity contribution in [2.45, 2.75) is 27.3 Å². The standard InChI is InChI=1S/C22H22FN3O3/c1-14-4-6-17(7-5-14)12-26-16(3)21(15(2)25-26)22(28)29-13-20(27)24-19-10-8-18(23)9-11-19/h4-11H,12-13H2,1-3H3,(H,24,27). The van der Waals surface area contributed by atoms with Crippen molar-refractivity contribution >= 4 is 17.6 Å². The number of aryl methyl sites for hydroxylation is 2. The van der Waals surface area contributed by atoms with Crippen LogP contribution < -0.4 is 5.32 Å². The maximum atomic E-state index is 12.9. The summed E-state index contributed by atoms with van der Waals surface area (Å²) >= 11 is 0. The van der Waals surface area contributed by atoms with Gasteiger partial charge in [-0.15, -0.1) is 0 Å². The number of anilines is 1. The van der Waals surface area contributed by atoms with Gasteiger partial charge in [0.1, 0.15) is 11.4 Å². The summed E-state index contributed by atoms with van der Waals surface area (Å²) < 4.78 is 19.8. The SMILES string of the molecule is Cc1ccc(Cn2nc(C)c(C(=O)OCC(=O)Nc3ccc(F)cc3)c2C)cc1. The van der Waals surface area contributed by atoms with Gasteiger partial charge in [0.15, 0.2) is 6.61 Å². The van der Waals surface area contributed by atoms with Crippen LogP contribution in [0.3, 0.4) is 0 Å². The summed E-state index contributed by atoms with van der Waals surface area (Å²) in [4.78, 5) is 24.5. The molecule has 1 heterocycles. The molecule has 0 aliphatic heterocycles. The summed E-state index contributed by atoms with van der Waals surface area (Å²) in [7, 11) is 0. The zero-order chi connectivity index (χ0) is 21.0. The molecule has 1 amide bonds. The average Bonchev–Trinajstić information content (AvgIpc) is 2.97. The summed E-state index contributed by atoms with van der Waals surface area (Å²) in [5.74, 6) is -1.51. The molecule has 2 aromatic carbocycles. The van der Waals surface area contributed by atoms with Crippen LogP contribution in [0.15, 0.2) is 48.5 Å². The number of carbonyl (C=O) groups is 2. The highest BCUT2D eigenvalue weighted by molar-refractivity contribution is 5.96. The summed E-state index contributed by atoms with van der Waals surface area (Å²) in [6, 6.07) is 13.4. The Bertz CT molecular complexity index is 1020. The topological polar surface area (TPSA) is 73.2 Å². The minimum Gasteiger partial charge on any atom is -0.452 e. The minimum absolute atomic E-state index is 0.353. The predicted molar refractivity (Wildman–Crippen MR) is 107 cm³/mol. The van der Waals surface area contributed by atoms with E-state index in [4.69, 9.17) is 4.74 Å². The molecule has 0 atom stereocenters. The van der Waals surface area contributed by atoms with Crippen LogP contribution in [0.25, 0.3) is 0 Å². The first kappa shape index (κ1) is 20.3. The molecular formula is C22H22FN3O3. The van der Waals surface area contributed by atoms with E-state index in [2.05, 4.69) is 10.4 Å². The molecule has 7 heteroatoms. The second kappa shape index (κ2) is 8.68. The van der Waals surface area contributed by atoms with Crippen LogP contribution in [-0.2, 0) is 16.1 Å². The number of hydrogen-bond acceptors (Lipinski definition) is 4. The number of hydrogen-bond donors (Lipinski definition) is 1. The van der Waals surface area contributed by atoms with Crippen LogP contribution >= 0.6 is 0 Å². The van der Waals surface area contributed by atoms with Crippen LogP contribution in [0.4, 0.5) is 10.1 Å². The lowest BCUT2D eigenvalue weighted by Crippen LogP contribution is -2.21. The van der Waals surface area contributed by atoms with Gasteiger partial charge in [0.25, 0.3) is 5.91 Å². The van der Waals surface area contributed by atoms with Gasteiger partial charge >= 0.3 is 5.97 Å². The van der Waals surface area contributed by atoms with Crippen molar-refractivity contribution < 1.29 is 18.7 Å². The van der Waals surface area contributed by atoms with Crippen molar-refractivity contribution in [1.29, 1.82) is 0 Å². The second-order valence-corrected chi connectivity index (χ2v) is 6.82. The Morgan fingerprint density at radius 2 is 1.69 bits per heavy atom. The molecular weight excluding hydrogens is 373 g/mol. The number of halogens is 1. The lowest BCUT2D eigenvalue weighted by molar-refractivity contribution is -0.119. The van der Waals surface area contributed by atoms with E-state index >= 15 is 0 Å². The first-order valence-corrected chi connectivity index (χ1v) is 9.15. The van der Waals surface area contributed by atoms with E-state index in [0.717, 1.165) is 5.56 Å². The van der Waals surface area contributed by atoms with Gasteiger partial charge in [-0.25, -0.2) is 9.18 Å². The maximum Gasteiger partial charge on any atom is 0.342 e. The molecule has 3 rings (SSSR count). The molecule has 1 aromatic heterocycles. The van der Waals surface area contributed by atoms with Crippen LogP contribution in [0.5, 0.6) is 0 Å². The highest BCUT2D eigenvalue weighted by Crippen LogP contribution is 2.16. The first-order valence-electron chi connectivity index (χ1n) is 9.15. The molecule has 0 unspecified atom stereocenters. The third kappa shape index (κ3) is 5.07. The number of aromatic nitrogens is 2. The number of rotatable bonds is 6. The van der Waals surface area contributed by atoms with E-state index < -0.39 is 24.3 Å². The van der Waals surface area contributed by atoms with Gasteiger partial charge < -0.3 is 10.1 Å². The fourth-order valence-electron chi connectivity index (χ4n) is 2.95. The van der Waals surface area contributed by atoms with E-state index in [1.54, 1.807) is 18.5 Å². The smallest absolute Gasteiger partial charge is 0.342 e. The fourth-order valence-corrected chi connectivity index (χ4v) is 2.95. The highest BCUT2D eigenvalue weighted by Gasteiger charge is 2.21. The molecule has 0 saturated carbocycles. The monoisotopic (exact) mass is 395 g/mol. The van der Waals surface area contributed by atoms with Crippen LogP contribution in [-0.4, -0.2) is 28.3 Å². The Kier molecular flexibility index (Phi) is 6.07. The summed E-state index contributed by atoms with van der Waals surface area (Å²) in [5.41, 5.74) is 4.23. The zero-order valence-corrected chi connectivity index (χ0v) is 16.5. The highest BCUT2D eigenvalue weighted by atomic mass is 19.1. The van der Waals surface area contributed by atoms with E-state index in [9.17, 15) is 14.0 Å². The molecule has 0 bridgehead atoms. The van der Waals surface area contributed by atoms with Crippen molar-refractivity contribution in [1.82, 2.24) is 9.78 Å². The van der Waals surface area contributed by atoms with Gasteiger partial charge in [0, 0.05) is 5.69 Å². The van der Waals surface area contributed by atoms with E-state index in [0.29, 0.717) is 29.2 Å². The van der Waals surface area contributed by atoms with E-state index in [1.165, 1.54) is 29.8 Å². The zero-order valence-electron chi connectivity index (χ0n) is 16.5. The third-order valence-corrected chi connectivity index (χ3v) is 4.50. The van der Waals surface area contributed by atoms with Gasteiger partial charge in [-0.2, -0.15) is 5.10 Å². The Hall–Kier alpha value is -3.48. The number of ether oxygens (including phenoxy) is 1. The normalized spacial score (nSPS) is 10.6. The van der Waals surface area contributed by atoms with Crippen molar-refractivity contribution in [2.24, 2.45) is 0 Å². The summed E-state index contributed by atoms with van der Waals surface area (Å²) in [6.07, 6.45) is 0. The molecule has 0 aliphatic carbocycles. The number of carbonyl (C=O) groups excluding carboxylic acids is 2. The Morgan fingerprint density at radius 3 is 2.34 bits per heavy atom. The lowest BCUT2D eigenvalue weighted by atomic mass is 10.1. The third-order valence-electron chi connectivity index (χ3n) is 4.50. The Morgan fingerprint density at radius 1 is 1.03 bits per heavy atom. The van der Waals surface area contributed by atoms with Gasteiger partial charge in [-0.05, 0) is 50.6 Å². The lowest BCUT2D eigenvalue weighted by Gasteiger charge is -2.08. The molecule has 6 nitrogen and oxygen atoms in total. The molecule has 0 fully saturated rings. The van der Waals surface area contributed by atoms with Crippen molar-refractivity contribution in [3.63, 3.8) is 0 Å². The number of amides is 1. The van der Waals surface area contributed by atoms with Crippen LogP contribution in [0.2, 0.25) is 0 Å². The first-order chi connectivity index (χ1) is 13.8. The molecule has 3 aromatic rings. The van der Waals surface area contributed by atoms with Crippen molar-refractivity contribution in [3.05, 3.63) is 82.4 Å². The Balaban J connectivity index is 1.63. The number of nitrogens with one attached hydrogen (secondary N) is 1. The molecule has 29 heavy (non-hydrogen) atoms. The quantitative estimate of drug-likeness (QED) is 0.645. The molecule has 0 spiro atoms. The Labute approximate surface area is 168 Å². The minimum atomic E-state index is -0.607. The second-order valence-electron chi connectivity index (χ2n) is 6.82. The van der Waals surface area contributed by atoms with Gasteiger partial charge in [0.05, 0.1) is 17.9 Å². The van der Waals surface area contributed by atoms with Gasteiger partial charge in [-0.1, -0.05) is 29.8 Å². The van der Waals surface area contributed by atoms with Gasteiger partial charge in [0.2, 0.25) is 0 Å². The number of nitrogens with zero attached hydrogens (tertiary/aromatic N) is 2. The largest absolute Gasteiger partial charge is 0.452 e. The molecule has 1 N–H and O–H groups in total. The van der Waals surface area contributed by atoms with Gasteiger partial charge in [-0.3, -0.25) is 9.48 Å². The predicted octanol–water partition coefficient (Wildman–Crippen LogP) is 3.79. The molecule has 150 valence electrons. The molecule has 0 aliphatic rings. The maximum absolute atomic E-state index is 12.9. The fraction of sp³-hybridized carbons (Fsp3) is 0.227. The summed E-state index contributed by atoms with van der Waals surface area (Å²) in [5, 5.41) is 6.98.